The predicted octanol–water partition coefficient (Wildman–Crippen LogP) is 0.306. The first-order chi connectivity index (χ1) is 4.20. The van der Waals surface area contributed by atoms with Crippen molar-refractivity contribution in [3.05, 3.63) is 0 Å². The third kappa shape index (κ3) is 2.27. The molecule has 0 aromatic heterocycles. The van der Waals surface area contributed by atoms with Gasteiger partial charge in [-0.25, -0.2) is 0 Å². The Morgan fingerprint density at radius 2 is 2.30 bits per heavy atom. The van der Waals surface area contributed by atoms with Gasteiger partial charge < -0.3 is 10.6 Å². The van der Waals surface area contributed by atoms with Gasteiger partial charge in [-0.2, -0.15) is 12.6 Å². The second kappa shape index (κ2) is 3.93. The molecule has 0 spiro atoms. The van der Waals surface area contributed by atoms with Crippen LogP contribution >= 0.6 is 25.0 Å². The maximum Gasteiger partial charge on any atom is 0.188 e. The van der Waals surface area contributed by atoms with E-state index in [-0.39, 0.29) is 18.4 Å². The van der Waals surface area contributed by atoms with Gasteiger partial charge in [0, 0.05) is 18.3 Å². The Balaban J connectivity index is 0.000000810. The van der Waals surface area contributed by atoms with E-state index in [1.54, 1.807) is 0 Å². The molecule has 3 nitrogen and oxygen atoms in total. The maximum absolute atomic E-state index is 7.05. The van der Waals surface area contributed by atoms with Crippen LogP contribution < -0.4 is 5.73 Å². The van der Waals surface area contributed by atoms with E-state index >= 15 is 0 Å². The molecule has 0 aromatic rings. The molecule has 10 heavy (non-hydrogen) atoms. The fraction of sp³-hybridized carbons (Fsp3) is 0.800. The summed E-state index contributed by atoms with van der Waals surface area (Å²) in [7, 11) is 0. The average Bonchev–Trinajstić information content (AvgIpc) is 2.14. The smallest absolute Gasteiger partial charge is 0.188 e. The molecule has 0 aromatic carbocycles. The molecule has 1 saturated heterocycles. The molecule has 5 heteroatoms. The number of nitrogens with zero attached hydrogens (tertiary/aromatic N) is 1. The van der Waals surface area contributed by atoms with E-state index in [4.69, 9.17) is 11.1 Å². The van der Waals surface area contributed by atoms with Gasteiger partial charge in [-0.3, -0.25) is 5.41 Å². The van der Waals surface area contributed by atoms with Crippen LogP contribution in [0.15, 0.2) is 0 Å². The first kappa shape index (κ1) is 9.91. The Kier molecular flexibility index (Phi) is 3.89. The first-order valence-corrected chi connectivity index (χ1v) is 3.49. The van der Waals surface area contributed by atoms with Crippen molar-refractivity contribution in [1.82, 2.24) is 4.90 Å². The molecule has 1 heterocycles. The summed E-state index contributed by atoms with van der Waals surface area (Å²) in [5, 5.41) is 7.46. The fourth-order valence-corrected chi connectivity index (χ4v) is 1.27. The topological polar surface area (TPSA) is 53.1 Å². The molecule has 1 rings (SSSR count). The minimum Gasteiger partial charge on any atom is -0.370 e. The van der Waals surface area contributed by atoms with Crippen LogP contribution in [-0.2, 0) is 0 Å². The molecule has 0 bridgehead atoms. The second-order valence-corrected chi connectivity index (χ2v) is 3.00. The monoisotopic (exact) mass is 181 g/mol. The van der Waals surface area contributed by atoms with Gasteiger partial charge in [0.25, 0.3) is 0 Å². The zero-order valence-electron chi connectivity index (χ0n) is 5.58. The zero-order valence-corrected chi connectivity index (χ0v) is 7.29. The third-order valence-electron chi connectivity index (χ3n) is 1.50. The van der Waals surface area contributed by atoms with Crippen molar-refractivity contribution in [2.45, 2.75) is 11.7 Å². The van der Waals surface area contributed by atoms with Gasteiger partial charge in [0.1, 0.15) is 0 Å². The van der Waals surface area contributed by atoms with Crippen molar-refractivity contribution < 1.29 is 0 Å². The molecule has 60 valence electrons. The van der Waals surface area contributed by atoms with Crippen molar-refractivity contribution in [3.63, 3.8) is 0 Å². The maximum atomic E-state index is 7.05. The Hall–Kier alpha value is -0.0900. The van der Waals surface area contributed by atoms with Crippen molar-refractivity contribution in [1.29, 1.82) is 5.41 Å². The molecule has 1 aliphatic heterocycles. The van der Waals surface area contributed by atoms with Gasteiger partial charge in [0.15, 0.2) is 5.96 Å². The largest absolute Gasteiger partial charge is 0.370 e. The van der Waals surface area contributed by atoms with E-state index < -0.39 is 0 Å². The van der Waals surface area contributed by atoms with Crippen LogP contribution in [0.2, 0.25) is 0 Å². The number of likely N-dealkylation sites (tertiary alicyclic amines) is 1. The van der Waals surface area contributed by atoms with Crippen LogP contribution in [0.25, 0.3) is 0 Å². The summed E-state index contributed by atoms with van der Waals surface area (Å²) in [6.45, 7) is 1.72. The van der Waals surface area contributed by atoms with Crippen LogP contribution in [-0.4, -0.2) is 29.2 Å². The highest BCUT2D eigenvalue weighted by molar-refractivity contribution is 7.81. The van der Waals surface area contributed by atoms with Crippen LogP contribution in [0.1, 0.15) is 6.42 Å². The molecule has 1 unspecified atom stereocenters. The normalized spacial score (nSPS) is 24.1. The zero-order chi connectivity index (χ0) is 6.85. The molecule has 3 N–H and O–H groups in total. The van der Waals surface area contributed by atoms with Crippen LogP contribution in [0.4, 0.5) is 0 Å². The highest BCUT2D eigenvalue weighted by Crippen LogP contribution is 2.12. The standard InChI is InChI=1S/C5H11N3S.ClH/c6-5(7)8-2-1-4(9)3-8;/h4,9H,1-3H2,(H3,6,7);1H. The van der Waals surface area contributed by atoms with Crippen molar-refractivity contribution >= 4 is 31.0 Å². The van der Waals surface area contributed by atoms with E-state index in [1.165, 1.54) is 0 Å². The quantitative estimate of drug-likeness (QED) is 0.286. The number of rotatable bonds is 0. The minimum atomic E-state index is 0. The van der Waals surface area contributed by atoms with E-state index in [2.05, 4.69) is 12.6 Å². The molecule has 1 fully saturated rings. The summed E-state index contributed by atoms with van der Waals surface area (Å²) in [4.78, 5) is 1.83. The Morgan fingerprint density at radius 1 is 1.70 bits per heavy atom. The number of guanidine groups is 1. The number of hydrogen-bond donors (Lipinski definition) is 3. The highest BCUT2D eigenvalue weighted by atomic mass is 35.5. The van der Waals surface area contributed by atoms with E-state index in [9.17, 15) is 0 Å². The first-order valence-electron chi connectivity index (χ1n) is 2.97. The molecular weight excluding hydrogens is 170 g/mol. The summed E-state index contributed by atoms with van der Waals surface area (Å²) in [5.41, 5.74) is 5.24. The number of nitrogens with one attached hydrogen (secondary N) is 1. The Morgan fingerprint density at radius 3 is 2.50 bits per heavy atom. The molecule has 0 aliphatic carbocycles. The van der Waals surface area contributed by atoms with Gasteiger partial charge in [0.05, 0.1) is 0 Å². The van der Waals surface area contributed by atoms with Gasteiger partial charge in [-0.05, 0) is 6.42 Å². The lowest BCUT2D eigenvalue weighted by molar-refractivity contribution is 0.511. The lowest BCUT2D eigenvalue weighted by Gasteiger charge is -2.13. The molecule has 0 radical (unpaired) electrons. The van der Waals surface area contributed by atoms with Crippen molar-refractivity contribution in [3.8, 4) is 0 Å². The molecule has 1 aliphatic rings. The number of hydrogen-bond acceptors (Lipinski definition) is 2. The van der Waals surface area contributed by atoms with Gasteiger partial charge in [-0.15, -0.1) is 12.4 Å². The molecular formula is C5H12ClN3S. The van der Waals surface area contributed by atoms with Gasteiger partial charge >= 0.3 is 0 Å². The summed E-state index contributed by atoms with van der Waals surface area (Å²) in [6, 6.07) is 0. The van der Waals surface area contributed by atoms with Gasteiger partial charge in [-0.1, -0.05) is 0 Å². The van der Waals surface area contributed by atoms with Crippen molar-refractivity contribution in [2.24, 2.45) is 5.73 Å². The second-order valence-electron chi connectivity index (χ2n) is 2.27. The molecule has 1 atom stereocenters. The Bertz CT molecular complexity index is 130. The van der Waals surface area contributed by atoms with Crippen molar-refractivity contribution in [2.75, 3.05) is 13.1 Å². The summed E-state index contributed by atoms with van der Waals surface area (Å²) in [6.07, 6.45) is 1.04. The van der Waals surface area contributed by atoms with E-state index in [1.807, 2.05) is 4.90 Å². The number of nitrogens with two attached hydrogens (primary N) is 1. The molecule has 0 saturated carbocycles. The van der Waals surface area contributed by atoms with Crippen LogP contribution in [0, 0.1) is 5.41 Å². The lowest BCUT2D eigenvalue weighted by Crippen LogP contribution is -2.34. The summed E-state index contributed by atoms with van der Waals surface area (Å²) in [5.74, 6) is 0.173. The average molecular weight is 182 g/mol. The number of halogens is 1. The Labute approximate surface area is 72.3 Å². The van der Waals surface area contributed by atoms with Crippen LogP contribution in [0.5, 0.6) is 0 Å². The lowest BCUT2D eigenvalue weighted by atomic mass is 10.4. The number of thiol groups is 1. The highest BCUT2D eigenvalue weighted by Gasteiger charge is 2.19. The van der Waals surface area contributed by atoms with Gasteiger partial charge in [0.2, 0.25) is 0 Å². The van der Waals surface area contributed by atoms with Crippen LogP contribution in [0.3, 0.4) is 0 Å². The predicted molar refractivity (Wildman–Crippen MR) is 48.1 cm³/mol. The summed E-state index contributed by atoms with van der Waals surface area (Å²) >= 11 is 4.25. The summed E-state index contributed by atoms with van der Waals surface area (Å²) < 4.78 is 0. The SMILES string of the molecule is Cl.N=C(N)N1CCC(S)C1. The third-order valence-corrected chi connectivity index (χ3v) is 1.93. The molecule has 0 amide bonds. The minimum absolute atomic E-state index is 0. The fourth-order valence-electron chi connectivity index (χ4n) is 0.961. The van der Waals surface area contributed by atoms with E-state index in [0.717, 1.165) is 19.5 Å². The van der Waals surface area contributed by atoms with E-state index in [0.29, 0.717) is 5.25 Å².